The molecule has 3 heterocycles. The van der Waals surface area contributed by atoms with E-state index >= 15 is 0 Å². The summed E-state index contributed by atoms with van der Waals surface area (Å²) in [7, 11) is 1.85. The van der Waals surface area contributed by atoms with Gasteiger partial charge in [0.2, 0.25) is 0 Å². The van der Waals surface area contributed by atoms with Gasteiger partial charge in [-0.3, -0.25) is 4.79 Å². The number of para-hydroxylation sites is 2. The first-order valence-electron chi connectivity index (χ1n) is 10.6. The second-order valence-corrected chi connectivity index (χ2v) is 8.24. The van der Waals surface area contributed by atoms with Gasteiger partial charge in [-0.15, -0.1) is 0 Å². The maximum absolute atomic E-state index is 12.3. The van der Waals surface area contributed by atoms with Crippen molar-refractivity contribution in [3.63, 3.8) is 0 Å². The molecule has 4 aromatic rings. The number of H-pyrrole nitrogens is 1. The molecule has 0 radical (unpaired) electrons. The van der Waals surface area contributed by atoms with Gasteiger partial charge in [0, 0.05) is 42.1 Å². The fourth-order valence-corrected chi connectivity index (χ4v) is 4.86. The molecule has 0 atom stereocenters. The Morgan fingerprint density at radius 1 is 1.00 bits per heavy atom. The highest BCUT2D eigenvalue weighted by molar-refractivity contribution is 5.84. The van der Waals surface area contributed by atoms with Crippen LogP contribution < -0.4 is 5.56 Å². The van der Waals surface area contributed by atoms with Crippen LogP contribution in [0.1, 0.15) is 29.9 Å². The van der Waals surface area contributed by atoms with Crippen molar-refractivity contribution in [3.8, 4) is 0 Å². The molecule has 5 rings (SSSR count). The number of piperidine rings is 1. The molecule has 0 amide bonds. The predicted octanol–water partition coefficient (Wildman–Crippen LogP) is 4.44. The summed E-state index contributed by atoms with van der Waals surface area (Å²) in [5, 5.41) is 2.57. The van der Waals surface area contributed by atoms with Crippen molar-refractivity contribution in [2.24, 2.45) is 7.05 Å². The number of aromatic nitrogens is 2. The summed E-state index contributed by atoms with van der Waals surface area (Å²) in [6, 6.07) is 18.7. The molecule has 29 heavy (non-hydrogen) atoms. The average molecular weight is 386 g/mol. The number of nitrogens with zero attached hydrogens (tertiary/aromatic N) is 2. The Labute approximate surface area is 170 Å². The number of nitrogens with one attached hydrogen (secondary N) is 1. The normalized spacial score (nSPS) is 16.0. The standard InChI is InChI=1S/C25H27N3O/c1-27-24-9-5-3-6-20(24)19(16-25(27)29)12-15-28-13-10-18(11-14-28)22-17-26-23-8-4-2-7-21(22)23/h2-9,16-18,26H,10-15H2,1H3. The van der Waals surface area contributed by atoms with Crippen LogP contribution in [0.25, 0.3) is 21.8 Å². The van der Waals surface area contributed by atoms with E-state index in [1.54, 1.807) is 4.57 Å². The largest absolute Gasteiger partial charge is 0.361 e. The summed E-state index contributed by atoms with van der Waals surface area (Å²) < 4.78 is 1.74. The van der Waals surface area contributed by atoms with Gasteiger partial charge in [0.25, 0.3) is 5.56 Å². The number of hydrogen-bond acceptors (Lipinski definition) is 2. The van der Waals surface area contributed by atoms with E-state index in [0.717, 1.165) is 31.6 Å². The number of hydrogen-bond donors (Lipinski definition) is 1. The molecule has 0 spiro atoms. The van der Waals surface area contributed by atoms with Crippen molar-refractivity contribution in [2.45, 2.75) is 25.2 Å². The first-order valence-corrected chi connectivity index (χ1v) is 10.6. The Morgan fingerprint density at radius 2 is 1.72 bits per heavy atom. The van der Waals surface area contributed by atoms with E-state index in [9.17, 15) is 4.79 Å². The van der Waals surface area contributed by atoms with Crippen molar-refractivity contribution < 1.29 is 0 Å². The fourth-order valence-electron chi connectivity index (χ4n) is 4.86. The van der Waals surface area contributed by atoms with Crippen LogP contribution in [0.5, 0.6) is 0 Å². The lowest BCUT2D eigenvalue weighted by molar-refractivity contribution is 0.215. The minimum Gasteiger partial charge on any atom is -0.361 e. The highest BCUT2D eigenvalue weighted by Gasteiger charge is 2.22. The maximum atomic E-state index is 12.3. The third kappa shape index (κ3) is 3.38. The summed E-state index contributed by atoms with van der Waals surface area (Å²) in [5.41, 5.74) is 4.98. The third-order valence-corrected chi connectivity index (χ3v) is 6.59. The smallest absolute Gasteiger partial charge is 0.251 e. The van der Waals surface area contributed by atoms with Crippen LogP contribution in [0.4, 0.5) is 0 Å². The van der Waals surface area contributed by atoms with Gasteiger partial charge in [-0.1, -0.05) is 36.4 Å². The third-order valence-electron chi connectivity index (χ3n) is 6.59. The molecule has 1 N–H and O–H groups in total. The number of benzene rings is 2. The molecule has 0 aliphatic carbocycles. The van der Waals surface area contributed by atoms with Crippen molar-refractivity contribution in [3.05, 3.63) is 82.3 Å². The Bertz CT molecular complexity index is 1210. The SMILES string of the molecule is Cn1c(=O)cc(CCN2CCC(c3c[nH]c4ccccc34)CC2)c2ccccc21. The first-order chi connectivity index (χ1) is 14.2. The van der Waals surface area contributed by atoms with Gasteiger partial charge in [-0.05, 0) is 61.5 Å². The van der Waals surface area contributed by atoms with Gasteiger partial charge in [0.15, 0.2) is 0 Å². The van der Waals surface area contributed by atoms with E-state index < -0.39 is 0 Å². The topological polar surface area (TPSA) is 41.0 Å². The van der Waals surface area contributed by atoms with Gasteiger partial charge in [0.05, 0.1) is 5.52 Å². The summed E-state index contributed by atoms with van der Waals surface area (Å²) in [6.45, 7) is 3.25. The summed E-state index contributed by atoms with van der Waals surface area (Å²) in [4.78, 5) is 18.3. The molecule has 4 heteroatoms. The van der Waals surface area contributed by atoms with Crippen molar-refractivity contribution in [2.75, 3.05) is 19.6 Å². The summed E-state index contributed by atoms with van der Waals surface area (Å²) >= 11 is 0. The molecule has 1 aliphatic rings. The Balaban J connectivity index is 1.27. The zero-order chi connectivity index (χ0) is 19.8. The molecular formula is C25H27N3O. The number of aromatic amines is 1. The lowest BCUT2D eigenvalue weighted by atomic mass is 9.89. The lowest BCUT2D eigenvalue weighted by Crippen LogP contribution is -2.34. The Hall–Kier alpha value is -2.85. The summed E-state index contributed by atoms with van der Waals surface area (Å²) in [5.74, 6) is 0.632. The van der Waals surface area contributed by atoms with Gasteiger partial charge in [0.1, 0.15) is 0 Å². The summed E-state index contributed by atoms with van der Waals surface area (Å²) in [6.07, 6.45) is 5.52. The second kappa shape index (κ2) is 7.53. The zero-order valence-electron chi connectivity index (χ0n) is 16.9. The molecule has 0 unspecified atom stereocenters. The zero-order valence-corrected chi connectivity index (χ0v) is 16.9. The average Bonchev–Trinajstić information content (AvgIpc) is 3.20. The van der Waals surface area contributed by atoms with Crippen LogP contribution >= 0.6 is 0 Å². The molecular weight excluding hydrogens is 358 g/mol. The van der Waals surface area contributed by atoms with E-state index in [1.165, 1.54) is 40.3 Å². The second-order valence-electron chi connectivity index (χ2n) is 8.24. The maximum Gasteiger partial charge on any atom is 0.251 e. The number of likely N-dealkylation sites (tertiary alicyclic amines) is 1. The van der Waals surface area contributed by atoms with Gasteiger partial charge in [-0.2, -0.15) is 0 Å². The fraction of sp³-hybridized carbons (Fsp3) is 0.320. The molecule has 1 saturated heterocycles. The van der Waals surface area contributed by atoms with Gasteiger partial charge in [-0.25, -0.2) is 0 Å². The quantitative estimate of drug-likeness (QED) is 0.564. The number of aryl methyl sites for hydroxylation is 1. The van der Waals surface area contributed by atoms with Crippen molar-refractivity contribution in [1.82, 2.24) is 14.5 Å². The number of pyridine rings is 1. The molecule has 2 aromatic heterocycles. The lowest BCUT2D eigenvalue weighted by Gasteiger charge is -2.32. The van der Waals surface area contributed by atoms with Crippen LogP contribution in [-0.4, -0.2) is 34.1 Å². The Morgan fingerprint density at radius 3 is 2.55 bits per heavy atom. The number of rotatable bonds is 4. The predicted molar refractivity (Wildman–Crippen MR) is 120 cm³/mol. The van der Waals surface area contributed by atoms with Crippen LogP contribution in [0, 0.1) is 0 Å². The van der Waals surface area contributed by atoms with Crippen LogP contribution in [0.2, 0.25) is 0 Å². The van der Waals surface area contributed by atoms with Gasteiger partial charge >= 0.3 is 0 Å². The van der Waals surface area contributed by atoms with E-state index in [1.807, 2.05) is 25.2 Å². The first kappa shape index (κ1) is 18.2. The molecule has 0 bridgehead atoms. The molecule has 0 saturated carbocycles. The van der Waals surface area contributed by atoms with Crippen LogP contribution in [0.15, 0.2) is 65.6 Å². The van der Waals surface area contributed by atoms with Crippen molar-refractivity contribution in [1.29, 1.82) is 0 Å². The highest BCUT2D eigenvalue weighted by Crippen LogP contribution is 2.33. The minimum absolute atomic E-state index is 0.0803. The Kier molecular flexibility index (Phi) is 4.72. The van der Waals surface area contributed by atoms with Crippen molar-refractivity contribution >= 4 is 21.8 Å². The highest BCUT2D eigenvalue weighted by atomic mass is 16.1. The van der Waals surface area contributed by atoms with E-state index in [0.29, 0.717) is 5.92 Å². The van der Waals surface area contributed by atoms with E-state index in [4.69, 9.17) is 0 Å². The molecule has 1 fully saturated rings. The van der Waals surface area contributed by atoms with Gasteiger partial charge < -0.3 is 14.5 Å². The molecule has 1 aliphatic heterocycles. The van der Waals surface area contributed by atoms with Crippen LogP contribution in [-0.2, 0) is 13.5 Å². The molecule has 148 valence electrons. The molecule has 4 nitrogen and oxygen atoms in total. The van der Waals surface area contributed by atoms with E-state index in [2.05, 4.69) is 52.5 Å². The van der Waals surface area contributed by atoms with E-state index in [-0.39, 0.29) is 5.56 Å². The number of fused-ring (bicyclic) bond motifs is 2. The van der Waals surface area contributed by atoms with Crippen LogP contribution in [0.3, 0.4) is 0 Å². The molecule has 2 aromatic carbocycles. The minimum atomic E-state index is 0.0803. The monoisotopic (exact) mass is 385 g/mol.